The average Bonchev–Trinajstić information content (AvgIpc) is 2.13. The van der Waals surface area contributed by atoms with Gasteiger partial charge in [-0.25, -0.2) is 4.79 Å². The molecule has 0 aliphatic heterocycles. The van der Waals surface area contributed by atoms with Crippen LogP contribution in [0, 0.1) is 0 Å². The molecule has 7 heteroatoms. The van der Waals surface area contributed by atoms with Crippen LogP contribution >= 0.6 is 0 Å². The van der Waals surface area contributed by atoms with E-state index in [9.17, 15) is 14.4 Å². The summed E-state index contributed by atoms with van der Waals surface area (Å²) in [7, 11) is 0. The van der Waals surface area contributed by atoms with Gasteiger partial charge in [-0.1, -0.05) is 0 Å². The van der Waals surface area contributed by atoms with Crippen LogP contribution in [0.15, 0.2) is 0 Å². The topological polar surface area (TPSA) is 108 Å². The van der Waals surface area contributed by atoms with Gasteiger partial charge in [-0.05, 0) is 27.7 Å². The van der Waals surface area contributed by atoms with E-state index in [1.165, 1.54) is 0 Å². The third-order valence-corrected chi connectivity index (χ3v) is 2.14. The van der Waals surface area contributed by atoms with E-state index in [0.717, 1.165) is 0 Å². The summed E-state index contributed by atoms with van der Waals surface area (Å²) in [5.74, 6) is -1.29. The highest BCUT2D eigenvalue weighted by Gasteiger charge is 2.25. The Bertz CT molecular complexity index is 328. The summed E-state index contributed by atoms with van der Waals surface area (Å²) in [5, 5.41) is 16.2. The smallest absolute Gasteiger partial charge is 0.315 e. The van der Waals surface area contributed by atoms with E-state index >= 15 is 0 Å². The second-order valence-electron chi connectivity index (χ2n) is 4.67. The molecule has 1 unspecified atom stereocenters. The van der Waals surface area contributed by atoms with Gasteiger partial charge in [0.05, 0.1) is 6.42 Å². The SMILES string of the molecule is CCNC(=O)C(C)NC(=O)NC(C)(C)CC(=O)O. The maximum Gasteiger partial charge on any atom is 0.315 e. The lowest BCUT2D eigenvalue weighted by atomic mass is 10.0. The Morgan fingerprint density at radius 3 is 2.28 bits per heavy atom. The van der Waals surface area contributed by atoms with Gasteiger partial charge in [-0.3, -0.25) is 9.59 Å². The average molecular weight is 259 g/mol. The van der Waals surface area contributed by atoms with Crippen LogP contribution in [0.3, 0.4) is 0 Å². The molecule has 18 heavy (non-hydrogen) atoms. The molecule has 4 N–H and O–H groups in total. The second kappa shape index (κ2) is 6.83. The van der Waals surface area contributed by atoms with Crippen LogP contribution in [0.1, 0.15) is 34.1 Å². The van der Waals surface area contributed by atoms with Gasteiger partial charge in [0.1, 0.15) is 6.04 Å². The van der Waals surface area contributed by atoms with Crippen LogP contribution < -0.4 is 16.0 Å². The molecule has 1 atom stereocenters. The number of nitrogens with one attached hydrogen (secondary N) is 3. The molecule has 0 aromatic carbocycles. The molecule has 0 saturated heterocycles. The first-order chi connectivity index (χ1) is 8.18. The van der Waals surface area contributed by atoms with Crippen LogP contribution in [0.25, 0.3) is 0 Å². The Morgan fingerprint density at radius 2 is 1.83 bits per heavy atom. The van der Waals surface area contributed by atoms with Crippen LogP contribution in [0.2, 0.25) is 0 Å². The Balaban J connectivity index is 4.26. The Labute approximate surface area is 106 Å². The van der Waals surface area contributed by atoms with Crippen molar-refractivity contribution >= 4 is 17.9 Å². The molecule has 0 radical (unpaired) electrons. The minimum atomic E-state index is -1.00. The van der Waals surface area contributed by atoms with Crippen molar-refractivity contribution in [3.63, 3.8) is 0 Å². The minimum Gasteiger partial charge on any atom is -0.481 e. The summed E-state index contributed by atoms with van der Waals surface area (Å²) in [6, 6.07) is -1.24. The number of likely N-dealkylation sites (N-methyl/N-ethyl adjacent to an activating group) is 1. The Morgan fingerprint density at radius 1 is 1.28 bits per heavy atom. The summed E-state index contributed by atoms with van der Waals surface area (Å²) in [5.41, 5.74) is -0.878. The molecule has 0 fully saturated rings. The normalized spacial score (nSPS) is 12.4. The van der Waals surface area contributed by atoms with Crippen molar-refractivity contribution in [1.82, 2.24) is 16.0 Å². The number of carboxylic acid groups (broad SMARTS) is 1. The quantitative estimate of drug-likeness (QED) is 0.541. The summed E-state index contributed by atoms with van der Waals surface area (Å²) >= 11 is 0. The van der Waals surface area contributed by atoms with E-state index in [1.807, 2.05) is 0 Å². The molecule has 0 aliphatic carbocycles. The summed E-state index contributed by atoms with van der Waals surface area (Å²) in [4.78, 5) is 33.5. The predicted octanol–water partition coefficient (Wildman–Crippen LogP) is 0.0635. The standard InChI is InChI=1S/C11H21N3O4/c1-5-12-9(17)7(2)13-10(18)14-11(3,4)6-8(15)16/h7H,5-6H2,1-4H3,(H,12,17)(H,15,16)(H2,13,14,18). The summed E-state index contributed by atoms with van der Waals surface area (Å²) in [6.07, 6.45) is -0.198. The first-order valence-corrected chi connectivity index (χ1v) is 5.76. The van der Waals surface area contributed by atoms with E-state index in [4.69, 9.17) is 5.11 Å². The number of rotatable bonds is 6. The van der Waals surface area contributed by atoms with Crippen molar-refractivity contribution < 1.29 is 19.5 Å². The Hall–Kier alpha value is -1.79. The van der Waals surface area contributed by atoms with Gasteiger partial charge in [0, 0.05) is 12.1 Å². The van der Waals surface area contributed by atoms with E-state index < -0.39 is 23.6 Å². The number of aliphatic carboxylic acids is 1. The molecular formula is C11H21N3O4. The molecule has 104 valence electrons. The maximum absolute atomic E-state index is 11.6. The molecule has 7 nitrogen and oxygen atoms in total. The zero-order valence-electron chi connectivity index (χ0n) is 11.2. The molecule has 0 aromatic heterocycles. The molecule has 0 heterocycles. The van der Waals surface area contributed by atoms with Gasteiger partial charge >= 0.3 is 12.0 Å². The largest absolute Gasteiger partial charge is 0.481 e. The van der Waals surface area contributed by atoms with Crippen molar-refractivity contribution in [2.75, 3.05) is 6.54 Å². The monoisotopic (exact) mass is 259 g/mol. The molecule has 0 spiro atoms. The van der Waals surface area contributed by atoms with Gasteiger partial charge in [0.15, 0.2) is 0 Å². The Kier molecular flexibility index (Phi) is 6.15. The lowest BCUT2D eigenvalue weighted by molar-refractivity contribution is -0.138. The molecule has 0 aliphatic rings. The minimum absolute atomic E-state index is 0.198. The molecular weight excluding hydrogens is 238 g/mol. The van der Waals surface area contributed by atoms with Gasteiger partial charge < -0.3 is 21.1 Å². The van der Waals surface area contributed by atoms with Gasteiger partial charge in [-0.2, -0.15) is 0 Å². The number of carbonyl (C=O) groups is 3. The number of hydrogen-bond donors (Lipinski definition) is 4. The fourth-order valence-corrected chi connectivity index (χ4v) is 1.36. The first-order valence-electron chi connectivity index (χ1n) is 5.76. The van der Waals surface area contributed by atoms with Gasteiger partial charge in [0.2, 0.25) is 5.91 Å². The molecule has 0 aromatic rings. The van der Waals surface area contributed by atoms with Crippen molar-refractivity contribution in [2.24, 2.45) is 0 Å². The number of carbonyl (C=O) groups excluding carboxylic acids is 2. The third kappa shape index (κ3) is 6.72. The van der Waals surface area contributed by atoms with E-state index in [-0.39, 0.29) is 12.3 Å². The van der Waals surface area contributed by atoms with Crippen molar-refractivity contribution in [3.8, 4) is 0 Å². The molecule has 0 rings (SSSR count). The van der Waals surface area contributed by atoms with Crippen LogP contribution in [0.5, 0.6) is 0 Å². The molecule has 0 bridgehead atoms. The number of carboxylic acids is 1. The van der Waals surface area contributed by atoms with Crippen LogP contribution in [-0.2, 0) is 9.59 Å². The lowest BCUT2D eigenvalue weighted by Crippen LogP contribution is -2.54. The molecule has 0 saturated carbocycles. The van der Waals surface area contributed by atoms with Crippen molar-refractivity contribution in [2.45, 2.75) is 45.7 Å². The highest BCUT2D eigenvalue weighted by atomic mass is 16.4. The maximum atomic E-state index is 11.6. The third-order valence-electron chi connectivity index (χ3n) is 2.14. The zero-order valence-corrected chi connectivity index (χ0v) is 11.2. The van der Waals surface area contributed by atoms with E-state index in [1.54, 1.807) is 27.7 Å². The van der Waals surface area contributed by atoms with Crippen LogP contribution in [-0.4, -0.2) is 41.1 Å². The lowest BCUT2D eigenvalue weighted by Gasteiger charge is -2.25. The van der Waals surface area contributed by atoms with Gasteiger partial charge in [-0.15, -0.1) is 0 Å². The fourth-order valence-electron chi connectivity index (χ4n) is 1.36. The van der Waals surface area contributed by atoms with E-state index in [2.05, 4.69) is 16.0 Å². The fraction of sp³-hybridized carbons (Fsp3) is 0.727. The first kappa shape index (κ1) is 16.2. The summed E-state index contributed by atoms with van der Waals surface area (Å²) in [6.45, 7) is 7.00. The van der Waals surface area contributed by atoms with Crippen LogP contribution in [0.4, 0.5) is 4.79 Å². The number of urea groups is 1. The predicted molar refractivity (Wildman–Crippen MR) is 66.1 cm³/mol. The summed E-state index contributed by atoms with van der Waals surface area (Å²) < 4.78 is 0. The number of amides is 3. The van der Waals surface area contributed by atoms with E-state index in [0.29, 0.717) is 6.54 Å². The van der Waals surface area contributed by atoms with Gasteiger partial charge in [0.25, 0.3) is 0 Å². The van der Waals surface area contributed by atoms with Crippen molar-refractivity contribution in [3.05, 3.63) is 0 Å². The number of hydrogen-bond acceptors (Lipinski definition) is 3. The van der Waals surface area contributed by atoms with Crippen molar-refractivity contribution in [1.29, 1.82) is 0 Å². The highest BCUT2D eigenvalue weighted by molar-refractivity contribution is 5.87. The highest BCUT2D eigenvalue weighted by Crippen LogP contribution is 2.07. The molecule has 3 amide bonds. The zero-order chi connectivity index (χ0) is 14.3. The second-order valence-corrected chi connectivity index (χ2v) is 4.67.